The van der Waals surface area contributed by atoms with Crippen LogP contribution in [0.1, 0.15) is 32.4 Å². The van der Waals surface area contributed by atoms with Crippen LogP contribution < -0.4 is 5.32 Å². The minimum absolute atomic E-state index is 0.0955. The summed E-state index contributed by atoms with van der Waals surface area (Å²) in [7, 11) is 0. The molecule has 4 atom stereocenters. The highest BCUT2D eigenvalue weighted by molar-refractivity contribution is 5.84. The molecule has 0 spiro atoms. The fraction of sp³-hybridized carbons (Fsp3) is 0.458. The van der Waals surface area contributed by atoms with Gasteiger partial charge >= 0.3 is 5.91 Å². The number of hydrogen-bond acceptors (Lipinski definition) is 4. The zero-order chi connectivity index (χ0) is 21.0. The summed E-state index contributed by atoms with van der Waals surface area (Å²) >= 11 is 0. The summed E-state index contributed by atoms with van der Waals surface area (Å²) in [5.74, 6) is 1.98. The first kappa shape index (κ1) is 19.7. The van der Waals surface area contributed by atoms with Crippen molar-refractivity contribution in [2.24, 2.45) is 11.8 Å². The molecule has 158 valence electrons. The summed E-state index contributed by atoms with van der Waals surface area (Å²) in [5, 5.41) is 5.89. The molecule has 0 saturated carbocycles. The number of nitrogens with one attached hydrogen (secondary N) is 1. The maximum Gasteiger partial charge on any atom is 0.366 e. The second-order valence-corrected chi connectivity index (χ2v) is 8.99. The van der Waals surface area contributed by atoms with Gasteiger partial charge in [-0.25, -0.2) is 9.18 Å². The summed E-state index contributed by atoms with van der Waals surface area (Å²) in [4.78, 5) is 16.3. The molecule has 4 aliphatic heterocycles. The molecule has 30 heavy (non-hydrogen) atoms. The Labute approximate surface area is 177 Å². The topological polar surface area (TPSA) is 35.6 Å². The number of allylic oxidation sites excluding steroid dienone is 3. The largest absolute Gasteiger partial charge is 0.366 e. The van der Waals surface area contributed by atoms with Crippen molar-refractivity contribution in [2.75, 3.05) is 32.7 Å². The van der Waals surface area contributed by atoms with Crippen LogP contribution in [-0.2, 0) is 4.79 Å². The first-order valence-corrected chi connectivity index (χ1v) is 11.0. The van der Waals surface area contributed by atoms with Crippen LogP contribution in [0.3, 0.4) is 0 Å². The average Bonchev–Trinajstić information content (AvgIpc) is 3.32. The predicted molar refractivity (Wildman–Crippen MR) is 114 cm³/mol. The second-order valence-electron chi connectivity index (χ2n) is 8.99. The molecule has 1 N–H and O–H groups in total. The van der Waals surface area contributed by atoms with Crippen molar-refractivity contribution in [3.63, 3.8) is 0 Å². The quantitative estimate of drug-likeness (QED) is 0.777. The van der Waals surface area contributed by atoms with Crippen LogP contribution in [-0.4, -0.2) is 53.1 Å². The molecular formula is C24H30FN4O+. The van der Waals surface area contributed by atoms with Crippen molar-refractivity contribution in [1.29, 1.82) is 0 Å². The number of benzene rings is 1. The van der Waals surface area contributed by atoms with Gasteiger partial charge in [0, 0.05) is 23.9 Å². The SMILES string of the molecule is CCN1C(C)=CC(=O)[N+]2(N3C[C@H]4CNC[C@H]4C3)C1=CC=C(C)C2c1ccc(F)cc1. The lowest BCUT2D eigenvalue weighted by Crippen LogP contribution is -2.68. The number of rotatable bonds is 3. The lowest BCUT2D eigenvalue weighted by molar-refractivity contribution is -0.964. The fourth-order valence-corrected chi connectivity index (χ4v) is 5.96. The van der Waals surface area contributed by atoms with Gasteiger partial charge in [0.2, 0.25) is 5.82 Å². The molecule has 4 heterocycles. The van der Waals surface area contributed by atoms with Gasteiger partial charge in [0.15, 0.2) is 6.04 Å². The Balaban J connectivity index is 1.72. The average molecular weight is 410 g/mol. The van der Waals surface area contributed by atoms with Crippen LogP contribution >= 0.6 is 0 Å². The summed E-state index contributed by atoms with van der Waals surface area (Å²) < 4.78 is 13.9. The predicted octanol–water partition coefficient (Wildman–Crippen LogP) is 3.32. The molecule has 0 aliphatic carbocycles. The van der Waals surface area contributed by atoms with E-state index in [2.05, 4.69) is 41.2 Å². The molecule has 1 aromatic rings. The van der Waals surface area contributed by atoms with Crippen molar-refractivity contribution >= 4 is 5.91 Å². The lowest BCUT2D eigenvalue weighted by Gasteiger charge is -2.52. The molecular weight excluding hydrogens is 379 g/mol. The minimum atomic E-state index is -0.254. The molecule has 6 heteroatoms. The Morgan fingerprint density at radius 1 is 1.10 bits per heavy atom. The summed E-state index contributed by atoms with van der Waals surface area (Å²) in [6.45, 7) is 10.8. The van der Waals surface area contributed by atoms with Gasteiger partial charge < -0.3 is 5.32 Å². The number of hydrogen-bond donors (Lipinski definition) is 1. The van der Waals surface area contributed by atoms with Crippen molar-refractivity contribution in [3.8, 4) is 0 Å². The van der Waals surface area contributed by atoms with Gasteiger partial charge in [0.1, 0.15) is 5.82 Å². The third kappa shape index (κ3) is 2.67. The molecule has 1 amide bonds. The van der Waals surface area contributed by atoms with E-state index in [1.165, 1.54) is 12.1 Å². The van der Waals surface area contributed by atoms with Gasteiger partial charge in [-0.05, 0) is 81.6 Å². The Hall–Kier alpha value is -2.28. The number of quaternary nitrogens is 1. The van der Waals surface area contributed by atoms with E-state index in [1.807, 2.05) is 25.1 Å². The van der Waals surface area contributed by atoms with Crippen LogP contribution in [0, 0.1) is 17.7 Å². The van der Waals surface area contributed by atoms with Crippen LogP contribution in [0.25, 0.3) is 0 Å². The smallest absolute Gasteiger partial charge is 0.316 e. The standard InChI is InChI=1S/C24H30FN4O/c1-4-28-17(3)11-23(30)29(27-14-19-12-26-13-20(19)15-27)22(28)10-5-16(2)24(29)18-6-8-21(25)9-7-18/h5-11,19-20,24,26H,4,12-15H2,1-3H3/q+1/t19-,20+,24?,29?. The van der Waals surface area contributed by atoms with Gasteiger partial charge in [-0.3, -0.25) is 4.90 Å². The normalized spacial score (nSPS) is 33.7. The van der Waals surface area contributed by atoms with E-state index in [0.717, 1.165) is 55.4 Å². The monoisotopic (exact) mass is 409 g/mol. The third-order valence-electron chi connectivity index (χ3n) is 7.34. The van der Waals surface area contributed by atoms with E-state index in [-0.39, 0.29) is 22.4 Å². The highest BCUT2D eigenvalue weighted by atomic mass is 19.1. The van der Waals surface area contributed by atoms with Gasteiger partial charge in [-0.1, -0.05) is 0 Å². The van der Waals surface area contributed by atoms with Crippen molar-refractivity contribution in [1.82, 2.24) is 15.2 Å². The van der Waals surface area contributed by atoms with Gasteiger partial charge in [-0.2, -0.15) is 0 Å². The Bertz CT molecular complexity index is 954. The highest BCUT2D eigenvalue weighted by Gasteiger charge is 2.61. The van der Waals surface area contributed by atoms with E-state index in [4.69, 9.17) is 0 Å². The fourth-order valence-electron chi connectivity index (χ4n) is 5.96. The summed E-state index contributed by atoms with van der Waals surface area (Å²) in [6.07, 6.45) is 6.06. The summed E-state index contributed by atoms with van der Waals surface area (Å²) in [5.41, 5.74) is 3.08. The molecule has 0 aromatic heterocycles. The van der Waals surface area contributed by atoms with E-state index in [0.29, 0.717) is 11.8 Å². The van der Waals surface area contributed by atoms with E-state index >= 15 is 0 Å². The van der Waals surface area contributed by atoms with Crippen molar-refractivity contribution in [2.45, 2.75) is 26.8 Å². The molecule has 5 rings (SSSR count). The van der Waals surface area contributed by atoms with Crippen LogP contribution in [0.15, 0.2) is 59.6 Å². The number of nitrogens with zero attached hydrogens (tertiary/aromatic N) is 3. The molecule has 4 aliphatic rings. The first-order valence-electron chi connectivity index (χ1n) is 11.0. The molecule has 2 saturated heterocycles. The third-order valence-corrected chi connectivity index (χ3v) is 7.34. The van der Waals surface area contributed by atoms with Crippen molar-refractivity contribution < 1.29 is 13.8 Å². The number of halogens is 1. The first-order chi connectivity index (χ1) is 14.5. The second kappa shape index (κ2) is 7.15. The van der Waals surface area contributed by atoms with E-state index in [1.54, 1.807) is 0 Å². The number of fused-ring (bicyclic) bond motifs is 2. The minimum Gasteiger partial charge on any atom is -0.316 e. The van der Waals surface area contributed by atoms with Gasteiger partial charge in [-0.15, -0.1) is 9.60 Å². The van der Waals surface area contributed by atoms with Crippen LogP contribution in [0.5, 0.6) is 0 Å². The maximum atomic E-state index is 14.0. The Morgan fingerprint density at radius 2 is 1.77 bits per heavy atom. The molecule has 1 aromatic carbocycles. The lowest BCUT2D eigenvalue weighted by atomic mass is 9.92. The molecule has 2 fully saturated rings. The zero-order valence-electron chi connectivity index (χ0n) is 17.9. The van der Waals surface area contributed by atoms with Gasteiger partial charge in [0.05, 0.1) is 19.2 Å². The Morgan fingerprint density at radius 3 is 2.40 bits per heavy atom. The Kier molecular flexibility index (Phi) is 4.69. The number of carbonyl (C=O) groups excluding carboxylic acids is 1. The number of amides is 1. The number of carbonyl (C=O) groups is 1. The van der Waals surface area contributed by atoms with E-state index < -0.39 is 0 Å². The van der Waals surface area contributed by atoms with E-state index in [9.17, 15) is 9.18 Å². The zero-order valence-corrected chi connectivity index (χ0v) is 17.9. The molecule has 5 nitrogen and oxygen atoms in total. The molecule has 0 radical (unpaired) electrons. The van der Waals surface area contributed by atoms with Crippen LogP contribution in [0.4, 0.5) is 4.39 Å². The maximum absolute atomic E-state index is 14.0. The van der Waals surface area contributed by atoms with Crippen molar-refractivity contribution in [3.05, 3.63) is 71.0 Å². The molecule has 0 bridgehead atoms. The summed E-state index contributed by atoms with van der Waals surface area (Å²) in [6, 6.07) is 6.50. The highest BCUT2D eigenvalue weighted by Crippen LogP contribution is 2.50. The van der Waals surface area contributed by atoms with Gasteiger partial charge in [0.25, 0.3) is 0 Å². The molecule has 2 unspecified atom stereocenters. The van der Waals surface area contributed by atoms with Crippen LogP contribution in [0.2, 0.25) is 0 Å².